The zero-order valence-electron chi connectivity index (χ0n) is 12.2. The topological polar surface area (TPSA) is 32.3 Å². The quantitative estimate of drug-likeness (QED) is 0.861. The van der Waals surface area contributed by atoms with E-state index >= 15 is 0 Å². The van der Waals surface area contributed by atoms with Crippen LogP contribution in [-0.4, -0.2) is 17.3 Å². The van der Waals surface area contributed by atoms with Gasteiger partial charge in [-0.25, -0.2) is 0 Å². The summed E-state index contributed by atoms with van der Waals surface area (Å²) in [4.78, 5) is 0. The first-order valence-electron chi connectivity index (χ1n) is 7.46. The van der Waals surface area contributed by atoms with Crippen molar-refractivity contribution >= 4 is 5.69 Å². The van der Waals surface area contributed by atoms with Crippen LogP contribution in [0.15, 0.2) is 24.3 Å². The van der Waals surface area contributed by atoms with E-state index < -0.39 is 17.3 Å². The minimum absolute atomic E-state index is 0.384. The Morgan fingerprint density at radius 1 is 1.19 bits per heavy atom. The van der Waals surface area contributed by atoms with E-state index in [2.05, 4.69) is 12.2 Å². The normalized spacial score (nSPS) is 26.6. The van der Waals surface area contributed by atoms with Crippen LogP contribution in [0.25, 0.3) is 0 Å². The maximum absolute atomic E-state index is 12.5. The van der Waals surface area contributed by atoms with E-state index in [1.165, 1.54) is 12.1 Å². The van der Waals surface area contributed by atoms with Crippen molar-refractivity contribution in [3.8, 4) is 0 Å². The largest absolute Gasteiger partial charge is 0.416 e. The van der Waals surface area contributed by atoms with Crippen molar-refractivity contribution in [2.45, 2.75) is 50.8 Å². The van der Waals surface area contributed by atoms with Crippen LogP contribution in [0.4, 0.5) is 18.9 Å². The Balaban J connectivity index is 1.88. The van der Waals surface area contributed by atoms with Gasteiger partial charge in [-0.05, 0) is 55.9 Å². The Hall–Kier alpha value is -1.23. The molecule has 1 aliphatic rings. The molecule has 0 atom stereocenters. The summed E-state index contributed by atoms with van der Waals surface area (Å²) in [6.07, 6.45) is 0.360. The van der Waals surface area contributed by atoms with Crippen LogP contribution in [0.1, 0.15) is 44.6 Å². The van der Waals surface area contributed by atoms with Crippen LogP contribution in [0.5, 0.6) is 0 Å². The Labute approximate surface area is 123 Å². The lowest BCUT2D eigenvalue weighted by atomic mass is 9.78. The van der Waals surface area contributed by atoms with Gasteiger partial charge in [0.2, 0.25) is 0 Å². The maximum atomic E-state index is 12.5. The fourth-order valence-corrected chi connectivity index (χ4v) is 2.84. The van der Waals surface area contributed by atoms with E-state index in [-0.39, 0.29) is 0 Å². The summed E-state index contributed by atoms with van der Waals surface area (Å²) in [5.74, 6) is 0.691. The Morgan fingerprint density at radius 2 is 1.76 bits per heavy atom. The number of anilines is 1. The highest BCUT2D eigenvalue weighted by Gasteiger charge is 2.33. The lowest BCUT2D eigenvalue weighted by Gasteiger charge is -2.36. The first-order chi connectivity index (χ1) is 9.82. The van der Waals surface area contributed by atoms with Crippen molar-refractivity contribution in [2.75, 3.05) is 11.9 Å². The summed E-state index contributed by atoms with van der Waals surface area (Å²) < 4.78 is 37.4. The molecule has 118 valence electrons. The lowest BCUT2D eigenvalue weighted by molar-refractivity contribution is -0.137. The van der Waals surface area contributed by atoms with Gasteiger partial charge < -0.3 is 10.4 Å². The Morgan fingerprint density at radius 3 is 2.24 bits per heavy atom. The second-order valence-electron chi connectivity index (χ2n) is 6.00. The summed E-state index contributed by atoms with van der Waals surface area (Å²) in [6, 6.07) is 4.93. The molecule has 1 saturated carbocycles. The highest BCUT2D eigenvalue weighted by atomic mass is 19.4. The smallest absolute Gasteiger partial charge is 0.388 e. The minimum Gasteiger partial charge on any atom is -0.388 e. The van der Waals surface area contributed by atoms with Gasteiger partial charge >= 0.3 is 6.18 Å². The number of hydrogen-bond acceptors (Lipinski definition) is 2. The third-order valence-electron chi connectivity index (χ3n) is 4.45. The monoisotopic (exact) mass is 301 g/mol. The van der Waals surface area contributed by atoms with Gasteiger partial charge in [0.1, 0.15) is 0 Å². The second-order valence-corrected chi connectivity index (χ2v) is 6.00. The minimum atomic E-state index is -4.31. The molecule has 1 fully saturated rings. The molecular formula is C16H22F3NO. The van der Waals surface area contributed by atoms with Gasteiger partial charge in [0.05, 0.1) is 11.2 Å². The summed E-state index contributed by atoms with van der Waals surface area (Å²) in [7, 11) is 0. The van der Waals surface area contributed by atoms with E-state index in [0.29, 0.717) is 18.2 Å². The average Bonchev–Trinajstić information content (AvgIpc) is 2.46. The van der Waals surface area contributed by atoms with E-state index in [1.807, 2.05) is 0 Å². The number of nitrogens with one attached hydrogen (secondary N) is 1. The number of halogens is 3. The van der Waals surface area contributed by atoms with Crippen molar-refractivity contribution in [2.24, 2.45) is 5.92 Å². The van der Waals surface area contributed by atoms with Crippen LogP contribution < -0.4 is 5.32 Å². The summed E-state index contributed by atoms with van der Waals surface area (Å²) in [5.41, 5.74) is -0.793. The van der Waals surface area contributed by atoms with Crippen molar-refractivity contribution in [1.29, 1.82) is 0 Å². The van der Waals surface area contributed by atoms with Crippen LogP contribution in [0, 0.1) is 5.92 Å². The molecule has 0 saturated heterocycles. The van der Waals surface area contributed by atoms with E-state index in [4.69, 9.17) is 0 Å². The molecular weight excluding hydrogens is 279 g/mol. The van der Waals surface area contributed by atoms with Crippen molar-refractivity contribution in [3.63, 3.8) is 0 Å². The third-order valence-corrected chi connectivity index (χ3v) is 4.45. The second kappa shape index (κ2) is 6.26. The molecule has 0 aliphatic heterocycles. The van der Waals surface area contributed by atoms with Gasteiger partial charge in [0.15, 0.2) is 0 Å². The number of rotatable bonds is 4. The molecule has 21 heavy (non-hydrogen) atoms. The standard InChI is InChI=1S/C16H22F3NO/c1-2-12-7-9-15(21,10-8-12)11-20-14-5-3-13(4-6-14)16(17,18)19/h3-6,12,20-21H,2,7-11H2,1H3. The van der Waals surface area contributed by atoms with Gasteiger partial charge in [-0.3, -0.25) is 0 Å². The molecule has 0 amide bonds. The predicted molar refractivity (Wildman–Crippen MR) is 77.1 cm³/mol. The molecule has 0 aromatic heterocycles. The van der Waals surface area contributed by atoms with Crippen LogP contribution in [-0.2, 0) is 6.18 Å². The summed E-state index contributed by atoms with van der Waals surface area (Å²) in [5, 5.41) is 13.5. The molecule has 2 rings (SSSR count). The molecule has 0 heterocycles. The van der Waals surface area contributed by atoms with Gasteiger partial charge in [0, 0.05) is 12.2 Å². The predicted octanol–water partition coefficient (Wildman–Crippen LogP) is 4.45. The summed E-state index contributed by atoms with van der Waals surface area (Å²) >= 11 is 0. The van der Waals surface area contributed by atoms with Gasteiger partial charge in [0.25, 0.3) is 0 Å². The van der Waals surface area contributed by atoms with Crippen molar-refractivity contribution in [3.05, 3.63) is 29.8 Å². The first-order valence-corrected chi connectivity index (χ1v) is 7.46. The number of benzene rings is 1. The van der Waals surface area contributed by atoms with Crippen molar-refractivity contribution < 1.29 is 18.3 Å². The molecule has 1 aliphatic carbocycles. The van der Waals surface area contributed by atoms with E-state index in [0.717, 1.165) is 44.2 Å². The third kappa shape index (κ3) is 4.37. The van der Waals surface area contributed by atoms with Crippen LogP contribution in [0.2, 0.25) is 0 Å². The van der Waals surface area contributed by atoms with Gasteiger partial charge in [-0.15, -0.1) is 0 Å². The highest BCUT2D eigenvalue weighted by molar-refractivity contribution is 5.45. The fraction of sp³-hybridized carbons (Fsp3) is 0.625. The van der Waals surface area contributed by atoms with E-state index in [1.54, 1.807) is 0 Å². The molecule has 1 aromatic carbocycles. The van der Waals surface area contributed by atoms with Gasteiger partial charge in [-0.1, -0.05) is 13.3 Å². The zero-order valence-corrected chi connectivity index (χ0v) is 12.2. The SMILES string of the molecule is CCC1CCC(O)(CNc2ccc(C(F)(F)F)cc2)CC1. The molecule has 1 aromatic rings. The Kier molecular flexibility index (Phi) is 4.81. The van der Waals surface area contributed by atoms with Crippen molar-refractivity contribution in [1.82, 2.24) is 0 Å². The number of aliphatic hydroxyl groups is 1. The van der Waals surface area contributed by atoms with Crippen LogP contribution >= 0.6 is 0 Å². The molecule has 0 unspecified atom stereocenters. The maximum Gasteiger partial charge on any atom is 0.416 e. The first kappa shape index (κ1) is 16.1. The zero-order chi connectivity index (χ0) is 15.5. The van der Waals surface area contributed by atoms with E-state index in [9.17, 15) is 18.3 Å². The lowest BCUT2D eigenvalue weighted by Crippen LogP contribution is -2.40. The van der Waals surface area contributed by atoms with Gasteiger partial charge in [-0.2, -0.15) is 13.2 Å². The molecule has 0 radical (unpaired) electrons. The Bertz CT molecular complexity index is 448. The molecule has 2 nitrogen and oxygen atoms in total. The fourth-order valence-electron chi connectivity index (χ4n) is 2.84. The number of alkyl halides is 3. The highest BCUT2D eigenvalue weighted by Crippen LogP contribution is 2.34. The van der Waals surface area contributed by atoms with Crippen LogP contribution in [0.3, 0.4) is 0 Å². The average molecular weight is 301 g/mol. The molecule has 0 spiro atoms. The molecule has 0 bridgehead atoms. The molecule has 5 heteroatoms. The molecule has 2 N–H and O–H groups in total. The summed E-state index contributed by atoms with van der Waals surface area (Å²) in [6.45, 7) is 2.55. The number of hydrogen-bond donors (Lipinski definition) is 2.